The summed E-state index contributed by atoms with van der Waals surface area (Å²) in [6.07, 6.45) is 4.71. The lowest BCUT2D eigenvalue weighted by Crippen LogP contribution is -2.36. The summed E-state index contributed by atoms with van der Waals surface area (Å²) in [4.78, 5) is 0. The smallest absolute Gasteiger partial charge is 0.171 e. The highest BCUT2D eigenvalue weighted by atomic mass is 16.7. The molecule has 1 aliphatic carbocycles. The third-order valence-electron chi connectivity index (χ3n) is 4.32. The zero-order valence-electron chi connectivity index (χ0n) is 11.4. The molecule has 1 N–H and O–H groups in total. The van der Waals surface area contributed by atoms with Gasteiger partial charge in [-0.25, -0.2) is 0 Å². The first kappa shape index (κ1) is 13.1. The first-order chi connectivity index (χ1) is 9.39. The third-order valence-corrected chi connectivity index (χ3v) is 4.32. The SMILES string of the molecule is c1ccc(CNCCC2CCCC23OCCO3)cc1. The van der Waals surface area contributed by atoms with Gasteiger partial charge in [-0.15, -0.1) is 0 Å². The van der Waals surface area contributed by atoms with Crippen LogP contribution < -0.4 is 5.32 Å². The molecule has 0 amide bonds. The van der Waals surface area contributed by atoms with Gasteiger partial charge < -0.3 is 14.8 Å². The van der Waals surface area contributed by atoms with Gasteiger partial charge in [-0.1, -0.05) is 30.3 Å². The van der Waals surface area contributed by atoms with Gasteiger partial charge >= 0.3 is 0 Å². The Hall–Kier alpha value is -0.900. The molecule has 1 aromatic rings. The van der Waals surface area contributed by atoms with Crippen molar-refractivity contribution < 1.29 is 9.47 Å². The average molecular weight is 261 g/mol. The summed E-state index contributed by atoms with van der Waals surface area (Å²) in [5.41, 5.74) is 1.34. The van der Waals surface area contributed by atoms with E-state index in [4.69, 9.17) is 9.47 Å². The van der Waals surface area contributed by atoms with Gasteiger partial charge in [0.2, 0.25) is 0 Å². The van der Waals surface area contributed by atoms with E-state index in [2.05, 4.69) is 35.6 Å². The maximum atomic E-state index is 5.88. The van der Waals surface area contributed by atoms with E-state index >= 15 is 0 Å². The molecule has 1 unspecified atom stereocenters. The van der Waals surface area contributed by atoms with Gasteiger partial charge in [-0.2, -0.15) is 0 Å². The molecule has 3 nitrogen and oxygen atoms in total. The zero-order chi connectivity index (χ0) is 13.0. The Bertz CT molecular complexity index is 381. The van der Waals surface area contributed by atoms with Crippen LogP contribution in [-0.2, 0) is 16.0 Å². The fraction of sp³-hybridized carbons (Fsp3) is 0.625. The van der Waals surface area contributed by atoms with E-state index in [1.165, 1.54) is 18.4 Å². The van der Waals surface area contributed by atoms with E-state index < -0.39 is 0 Å². The lowest BCUT2D eigenvalue weighted by Gasteiger charge is -2.29. The van der Waals surface area contributed by atoms with Crippen LogP contribution in [-0.4, -0.2) is 25.5 Å². The number of ether oxygens (including phenoxy) is 2. The Labute approximate surface area is 115 Å². The van der Waals surface area contributed by atoms with Gasteiger partial charge in [0.05, 0.1) is 13.2 Å². The molecule has 2 aliphatic rings. The Kier molecular flexibility index (Phi) is 4.16. The standard InChI is InChI=1S/C16H23NO2/c1-2-5-14(6-3-1)13-17-10-8-15-7-4-9-16(15)18-11-12-19-16/h1-3,5-6,15,17H,4,7-13H2. The highest BCUT2D eigenvalue weighted by molar-refractivity contribution is 5.14. The second kappa shape index (κ2) is 6.04. The molecule has 104 valence electrons. The minimum atomic E-state index is -0.228. The van der Waals surface area contributed by atoms with Gasteiger partial charge in [-0.05, 0) is 31.4 Å². The lowest BCUT2D eigenvalue weighted by molar-refractivity contribution is -0.182. The summed E-state index contributed by atoms with van der Waals surface area (Å²) in [5.74, 6) is 0.340. The predicted octanol–water partition coefficient (Wildman–Crippen LogP) is 2.71. The van der Waals surface area contributed by atoms with Crippen LogP contribution in [0.1, 0.15) is 31.2 Å². The van der Waals surface area contributed by atoms with Crippen LogP contribution in [0.25, 0.3) is 0 Å². The van der Waals surface area contributed by atoms with Crippen LogP contribution in [0.4, 0.5) is 0 Å². The van der Waals surface area contributed by atoms with E-state index in [0.29, 0.717) is 5.92 Å². The summed E-state index contributed by atoms with van der Waals surface area (Å²) in [6, 6.07) is 10.5. The van der Waals surface area contributed by atoms with Gasteiger partial charge in [0, 0.05) is 18.9 Å². The Balaban J connectivity index is 1.42. The van der Waals surface area contributed by atoms with Crippen LogP contribution in [0.3, 0.4) is 0 Å². The Morgan fingerprint density at radius 2 is 1.95 bits per heavy atom. The zero-order valence-corrected chi connectivity index (χ0v) is 11.4. The second-order valence-electron chi connectivity index (χ2n) is 5.55. The first-order valence-electron chi connectivity index (χ1n) is 7.42. The predicted molar refractivity (Wildman–Crippen MR) is 74.7 cm³/mol. The van der Waals surface area contributed by atoms with E-state index in [0.717, 1.165) is 39.1 Å². The monoisotopic (exact) mass is 261 g/mol. The number of hydrogen-bond donors (Lipinski definition) is 1. The molecule has 3 rings (SSSR count). The summed E-state index contributed by atoms with van der Waals surface area (Å²) < 4.78 is 11.8. The molecular weight excluding hydrogens is 238 g/mol. The van der Waals surface area contributed by atoms with Crippen molar-refractivity contribution in [2.45, 2.75) is 38.0 Å². The van der Waals surface area contributed by atoms with Crippen LogP contribution in [0, 0.1) is 5.92 Å². The number of rotatable bonds is 5. The van der Waals surface area contributed by atoms with E-state index in [1.807, 2.05) is 0 Å². The first-order valence-corrected chi connectivity index (χ1v) is 7.42. The van der Waals surface area contributed by atoms with Crippen molar-refractivity contribution >= 4 is 0 Å². The van der Waals surface area contributed by atoms with E-state index in [1.54, 1.807) is 0 Å². The number of hydrogen-bond acceptors (Lipinski definition) is 3. The van der Waals surface area contributed by atoms with E-state index in [9.17, 15) is 0 Å². The van der Waals surface area contributed by atoms with Gasteiger partial charge in [-0.3, -0.25) is 0 Å². The molecule has 0 bridgehead atoms. The average Bonchev–Trinajstić information content (AvgIpc) is 3.08. The summed E-state index contributed by atoms with van der Waals surface area (Å²) in [5, 5.41) is 3.52. The summed E-state index contributed by atoms with van der Waals surface area (Å²) >= 11 is 0. The van der Waals surface area contributed by atoms with Crippen LogP contribution in [0.2, 0.25) is 0 Å². The molecule has 1 saturated heterocycles. The van der Waals surface area contributed by atoms with Crippen molar-refractivity contribution in [3.05, 3.63) is 35.9 Å². The normalized spacial score (nSPS) is 25.2. The summed E-state index contributed by atoms with van der Waals surface area (Å²) in [7, 11) is 0. The van der Waals surface area contributed by atoms with Crippen molar-refractivity contribution in [2.75, 3.05) is 19.8 Å². The Morgan fingerprint density at radius 3 is 2.74 bits per heavy atom. The Morgan fingerprint density at radius 1 is 1.16 bits per heavy atom. The van der Waals surface area contributed by atoms with Crippen molar-refractivity contribution in [3.63, 3.8) is 0 Å². The molecular formula is C16H23NO2. The van der Waals surface area contributed by atoms with Crippen molar-refractivity contribution in [2.24, 2.45) is 5.92 Å². The minimum absolute atomic E-state index is 0.228. The highest BCUT2D eigenvalue weighted by Gasteiger charge is 2.47. The largest absolute Gasteiger partial charge is 0.347 e. The van der Waals surface area contributed by atoms with Crippen molar-refractivity contribution in [3.8, 4) is 0 Å². The molecule has 1 aromatic carbocycles. The molecule has 19 heavy (non-hydrogen) atoms. The fourth-order valence-corrected chi connectivity index (χ4v) is 3.34. The van der Waals surface area contributed by atoms with Crippen molar-refractivity contribution in [1.29, 1.82) is 0 Å². The quantitative estimate of drug-likeness (QED) is 0.827. The second-order valence-corrected chi connectivity index (χ2v) is 5.55. The molecule has 2 fully saturated rings. The molecule has 1 spiro atoms. The molecule has 0 radical (unpaired) electrons. The van der Waals surface area contributed by atoms with Crippen LogP contribution in [0.5, 0.6) is 0 Å². The maximum absolute atomic E-state index is 5.88. The van der Waals surface area contributed by atoms with Gasteiger partial charge in [0.1, 0.15) is 0 Å². The third kappa shape index (κ3) is 2.99. The highest BCUT2D eigenvalue weighted by Crippen LogP contribution is 2.43. The number of nitrogens with one attached hydrogen (secondary N) is 1. The molecule has 0 aromatic heterocycles. The molecule has 1 saturated carbocycles. The minimum Gasteiger partial charge on any atom is -0.347 e. The molecule has 1 heterocycles. The molecule has 3 heteroatoms. The topological polar surface area (TPSA) is 30.5 Å². The molecule has 1 atom stereocenters. The fourth-order valence-electron chi connectivity index (χ4n) is 3.34. The van der Waals surface area contributed by atoms with Gasteiger partial charge in [0.15, 0.2) is 5.79 Å². The van der Waals surface area contributed by atoms with Crippen molar-refractivity contribution in [1.82, 2.24) is 5.32 Å². The number of benzene rings is 1. The lowest BCUT2D eigenvalue weighted by atomic mass is 9.98. The summed E-state index contributed by atoms with van der Waals surface area (Å²) in [6.45, 7) is 3.53. The van der Waals surface area contributed by atoms with Crippen LogP contribution in [0.15, 0.2) is 30.3 Å². The molecule has 1 aliphatic heterocycles. The maximum Gasteiger partial charge on any atom is 0.171 e. The van der Waals surface area contributed by atoms with Crippen LogP contribution >= 0.6 is 0 Å². The van der Waals surface area contributed by atoms with E-state index in [-0.39, 0.29) is 5.79 Å². The van der Waals surface area contributed by atoms with Gasteiger partial charge in [0.25, 0.3) is 0 Å².